The van der Waals surface area contributed by atoms with Crippen molar-refractivity contribution >= 4 is 22.4 Å². The van der Waals surface area contributed by atoms with Crippen molar-refractivity contribution in [1.29, 1.82) is 5.26 Å². The van der Waals surface area contributed by atoms with Crippen molar-refractivity contribution < 1.29 is 0 Å². The van der Waals surface area contributed by atoms with Crippen molar-refractivity contribution in [2.45, 2.75) is 26.2 Å². The van der Waals surface area contributed by atoms with E-state index >= 15 is 0 Å². The number of nitriles is 1. The number of rotatable bonds is 6. The molecule has 7 nitrogen and oxygen atoms in total. The summed E-state index contributed by atoms with van der Waals surface area (Å²) >= 11 is 0. The van der Waals surface area contributed by atoms with Gasteiger partial charge in [0.05, 0.1) is 11.3 Å². The predicted octanol–water partition coefficient (Wildman–Crippen LogP) is 4.92. The molecule has 0 bridgehead atoms. The van der Waals surface area contributed by atoms with Gasteiger partial charge in [-0.1, -0.05) is 32.0 Å². The molecule has 1 aromatic carbocycles. The Morgan fingerprint density at radius 3 is 2.91 bits per heavy atom. The lowest BCUT2D eigenvalue weighted by atomic mass is 10.1. The van der Waals surface area contributed by atoms with Gasteiger partial charge in [-0.2, -0.15) is 5.26 Å². The smallest absolute Gasteiger partial charge is 0.180 e. The second kappa shape index (κ2) is 8.16. The van der Waals surface area contributed by atoms with Crippen LogP contribution in [0.3, 0.4) is 0 Å². The van der Waals surface area contributed by atoms with Crippen molar-refractivity contribution in [3.05, 3.63) is 78.1 Å². The number of aromatic nitrogens is 5. The van der Waals surface area contributed by atoms with Gasteiger partial charge in [-0.05, 0) is 30.0 Å². The van der Waals surface area contributed by atoms with Crippen molar-refractivity contribution in [1.82, 2.24) is 24.3 Å². The highest BCUT2D eigenvalue weighted by atomic mass is 15.1. The molecule has 158 valence electrons. The number of fused-ring (bicyclic) bond motifs is 2. The standard InChI is InChI=1S/C25H23N7/c1-16(2)23-14-30-25-24(28-8-7-18-13-29-21-6-4-3-5-20(18)21)31-22(15-32(23)25)19-9-17(10-26)11-27-12-19/h3-6,9,11-16,29H,7-8H2,1-2H3,(H,28,31). The van der Waals surface area contributed by atoms with E-state index in [2.05, 4.69) is 69.0 Å². The minimum absolute atomic E-state index is 0.308. The summed E-state index contributed by atoms with van der Waals surface area (Å²) in [6.07, 6.45) is 10.1. The Morgan fingerprint density at radius 1 is 1.19 bits per heavy atom. The second-order valence-corrected chi connectivity index (χ2v) is 8.12. The van der Waals surface area contributed by atoms with Crippen LogP contribution in [0.5, 0.6) is 0 Å². The van der Waals surface area contributed by atoms with E-state index in [0.717, 1.165) is 40.4 Å². The minimum atomic E-state index is 0.308. The molecule has 0 spiro atoms. The molecule has 0 saturated carbocycles. The van der Waals surface area contributed by atoms with Crippen LogP contribution in [-0.4, -0.2) is 30.9 Å². The molecule has 5 aromatic rings. The highest BCUT2D eigenvalue weighted by molar-refractivity contribution is 5.83. The highest BCUT2D eigenvalue weighted by Crippen LogP contribution is 2.26. The number of imidazole rings is 1. The maximum atomic E-state index is 9.26. The van der Waals surface area contributed by atoms with Gasteiger partial charge in [0, 0.05) is 59.7 Å². The fraction of sp³-hybridized carbons (Fsp3) is 0.200. The lowest BCUT2D eigenvalue weighted by molar-refractivity contribution is 0.807. The third-order valence-electron chi connectivity index (χ3n) is 5.64. The van der Waals surface area contributed by atoms with Crippen LogP contribution in [0.25, 0.3) is 27.8 Å². The van der Waals surface area contributed by atoms with Crippen molar-refractivity contribution in [2.75, 3.05) is 11.9 Å². The Morgan fingerprint density at radius 2 is 2.06 bits per heavy atom. The van der Waals surface area contributed by atoms with E-state index in [-0.39, 0.29) is 0 Å². The molecule has 0 aliphatic carbocycles. The summed E-state index contributed by atoms with van der Waals surface area (Å²) < 4.78 is 2.08. The number of nitrogens with zero attached hydrogens (tertiary/aromatic N) is 5. The summed E-state index contributed by atoms with van der Waals surface area (Å²) in [6.45, 7) is 5.01. The van der Waals surface area contributed by atoms with Gasteiger partial charge in [-0.25, -0.2) is 9.97 Å². The van der Waals surface area contributed by atoms with Crippen LogP contribution >= 0.6 is 0 Å². The van der Waals surface area contributed by atoms with Crippen LogP contribution in [0.1, 0.15) is 36.6 Å². The number of aromatic amines is 1. The average Bonchev–Trinajstić information content (AvgIpc) is 3.43. The molecule has 0 saturated heterocycles. The number of pyridine rings is 1. The van der Waals surface area contributed by atoms with Crippen LogP contribution in [0.2, 0.25) is 0 Å². The highest BCUT2D eigenvalue weighted by Gasteiger charge is 2.15. The molecule has 0 radical (unpaired) electrons. The van der Waals surface area contributed by atoms with Gasteiger partial charge in [0.15, 0.2) is 11.5 Å². The van der Waals surface area contributed by atoms with Crippen LogP contribution < -0.4 is 5.32 Å². The van der Waals surface area contributed by atoms with Crippen LogP contribution in [-0.2, 0) is 6.42 Å². The molecule has 0 unspecified atom stereocenters. The van der Waals surface area contributed by atoms with Crippen molar-refractivity contribution in [3.63, 3.8) is 0 Å². The van der Waals surface area contributed by atoms with Crippen molar-refractivity contribution in [3.8, 4) is 17.3 Å². The van der Waals surface area contributed by atoms with Crippen molar-refractivity contribution in [2.24, 2.45) is 0 Å². The summed E-state index contributed by atoms with van der Waals surface area (Å²) in [5, 5.41) is 14.0. The van der Waals surface area contributed by atoms with Crippen LogP contribution in [0, 0.1) is 11.3 Å². The number of H-pyrrole nitrogens is 1. The summed E-state index contributed by atoms with van der Waals surface area (Å²) in [5.74, 6) is 1.03. The van der Waals surface area contributed by atoms with Gasteiger partial charge >= 0.3 is 0 Å². The van der Waals surface area contributed by atoms with E-state index in [4.69, 9.17) is 4.98 Å². The van der Waals surface area contributed by atoms with Crippen LogP contribution in [0.4, 0.5) is 5.82 Å². The first-order valence-corrected chi connectivity index (χ1v) is 10.7. The molecule has 7 heteroatoms. The molecular formula is C25H23N7. The molecule has 32 heavy (non-hydrogen) atoms. The largest absolute Gasteiger partial charge is 0.367 e. The number of hydrogen-bond donors (Lipinski definition) is 2. The third kappa shape index (κ3) is 3.56. The average molecular weight is 422 g/mol. The first-order valence-electron chi connectivity index (χ1n) is 10.7. The van der Waals surface area contributed by atoms with Gasteiger partial charge in [0.25, 0.3) is 0 Å². The molecular weight excluding hydrogens is 398 g/mol. The fourth-order valence-corrected chi connectivity index (χ4v) is 3.99. The van der Waals surface area contributed by atoms with Gasteiger partial charge in [0.1, 0.15) is 6.07 Å². The number of para-hydroxylation sites is 1. The predicted molar refractivity (Wildman–Crippen MR) is 126 cm³/mol. The minimum Gasteiger partial charge on any atom is -0.367 e. The summed E-state index contributed by atoms with van der Waals surface area (Å²) in [5.41, 5.74) is 6.36. The molecule has 0 atom stereocenters. The van der Waals surface area contributed by atoms with E-state index in [0.29, 0.717) is 18.0 Å². The SMILES string of the molecule is CC(C)c1cnc2c(NCCc3c[nH]c4ccccc34)nc(-c3cncc(C#N)c3)cn12. The van der Waals surface area contributed by atoms with E-state index < -0.39 is 0 Å². The fourth-order valence-electron chi connectivity index (χ4n) is 3.99. The maximum Gasteiger partial charge on any atom is 0.180 e. The molecule has 0 aliphatic heterocycles. The molecule has 4 heterocycles. The topological polar surface area (TPSA) is 94.7 Å². The lowest BCUT2D eigenvalue weighted by Crippen LogP contribution is -2.09. The van der Waals surface area contributed by atoms with E-state index in [9.17, 15) is 5.26 Å². The molecule has 2 N–H and O–H groups in total. The number of benzene rings is 1. The molecule has 0 fully saturated rings. The first kappa shape index (κ1) is 19.8. The zero-order chi connectivity index (χ0) is 22.1. The molecule has 5 rings (SSSR count). The summed E-state index contributed by atoms with van der Waals surface area (Å²) in [4.78, 5) is 17.0. The Labute approximate surface area is 185 Å². The van der Waals surface area contributed by atoms with E-state index in [1.54, 1.807) is 12.4 Å². The molecule has 4 aromatic heterocycles. The van der Waals surface area contributed by atoms with E-state index in [1.807, 2.05) is 24.5 Å². The van der Waals surface area contributed by atoms with Gasteiger partial charge < -0.3 is 10.3 Å². The number of nitrogens with one attached hydrogen (secondary N) is 2. The first-order chi connectivity index (χ1) is 15.6. The summed E-state index contributed by atoms with van der Waals surface area (Å²) in [7, 11) is 0. The van der Waals surface area contributed by atoms with Gasteiger partial charge in [-0.15, -0.1) is 0 Å². The van der Waals surface area contributed by atoms with E-state index in [1.165, 1.54) is 10.9 Å². The number of hydrogen-bond acceptors (Lipinski definition) is 5. The Balaban J connectivity index is 1.50. The van der Waals surface area contributed by atoms with Gasteiger partial charge in [-0.3, -0.25) is 9.38 Å². The number of anilines is 1. The normalized spacial score (nSPS) is 11.3. The quantitative estimate of drug-likeness (QED) is 0.406. The second-order valence-electron chi connectivity index (χ2n) is 8.12. The maximum absolute atomic E-state index is 9.26. The molecule has 0 aliphatic rings. The zero-order valence-corrected chi connectivity index (χ0v) is 18.0. The summed E-state index contributed by atoms with van der Waals surface area (Å²) in [6, 6.07) is 12.3. The van der Waals surface area contributed by atoms with Crippen LogP contribution in [0.15, 0.2) is 61.3 Å². The Bertz CT molecular complexity index is 1450. The lowest BCUT2D eigenvalue weighted by Gasteiger charge is -2.12. The Kier molecular flexibility index (Phi) is 5.04. The monoisotopic (exact) mass is 421 g/mol. The van der Waals surface area contributed by atoms with Gasteiger partial charge in [0.2, 0.25) is 0 Å². The Hall–Kier alpha value is -4.18. The zero-order valence-electron chi connectivity index (χ0n) is 18.0. The molecule has 0 amide bonds. The third-order valence-corrected chi connectivity index (χ3v) is 5.64.